The van der Waals surface area contributed by atoms with E-state index in [1.807, 2.05) is 6.07 Å². The predicted molar refractivity (Wildman–Crippen MR) is 88.4 cm³/mol. The van der Waals surface area contributed by atoms with Crippen LogP contribution < -0.4 is 5.43 Å². The summed E-state index contributed by atoms with van der Waals surface area (Å²) in [5, 5.41) is 4.04. The first kappa shape index (κ1) is 15.2. The maximum absolute atomic E-state index is 12.9. The molecule has 1 N–H and O–H groups in total. The number of hydrogen-bond acceptors (Lipinski definition) is 4. The average Bonchev–Trinajstić information content (AvgIpc) is 2.55. The first-order valence-electron chi connectivity index (χ1n) is 6.96. The third-order valence-corrected chi connectivity index (χ3v) is 5.27. The van der Waals surface area contributed by atoms with Gasteiger partial charge < -0.3 is 0 Å². The Bertz CT molecular complexity index is 929. The average molecular weight is 326 g/mol. The Morgan fingerprint density at radius 3 is 2.35 bits per heavy atom. The predicted octanol–water partition coefficient (Wildman–Crippen LogP) is 2.36. The summed E-state index contributed by atoms with van der Waals surface area (Å²) < 4.78 is 25.8. The quantitative estimate of drug-likeness (QED) is 0.861. The molecule has 0 bridgehead atoms. The number of allylic oxidation sites excluding steroid dienone is 1. The molecule has 1 heterocycles. The Hall–Kier alpha value is -2.73. The SMILES string of the molecule is CC(=O)N/N=C1\C=C(c2ccccc2)S(=O)(=O)c2ccccc21. The Morgan fingerprint density at radius 1 is 1.00 bits per heavy atom. The molecular weight excluding hydrogens is 312 g/mol. The lowest BCUT2D eigenvalue weighted by Crippen LogP contribution is -2.21. The second-order valence-corrected chi connectivity index (χ2v) is 6.93. The number of fused-ring (bicyclic) bond motifs is 1. The molecule has 0 saturated heterocycles. The van der Waals surface area contributed by atoms with Gasteiger partial charge in [-0.25, -0.2) is 13.8 Å². The summed E-state index contributed by atoms with van der Waals surface area (Å²) in [6.45, 7) is 1.34. The van der Waals surface area contributed by atoms with Gasteiger partial charge in [0.25, 0.3) is 0 Å². The number of nitrogens with zero attached hydrogens (tertiary/aromatic N) is 1. The van der Waals surface area contributed by atoms with Crippen molar-refractivity contribution in [2.45, 2.75) is 11.8 Å². The summed E-state index contributed by atoms with van der Waals surface area (Å²) in [5.41, 5.74) is 3.83. The molecule has 3 rings (SSSR count). The van der Waals surface area contributed by atoms with E-state index in [1.54, 1.807) is 48.5 Å². The summed E-state index contributed by atoms with van der Waals surface area (Å²) in [6.07, 6.45) is 1.49. The molecule has 0 atom stereocenters. The Kier molecular flexibility index (Phi) is 3.83. The molecule has 2 aromatic rings. The third kappa shape index (κ3) is 2.80. The molecule has 0 spiro atoms. The van der Waals surface area contributed by atoms with Gasteiger partial charge in [-0.05, 0) is 17.7 Å². The number of benzene rings is 2. The van der Waals surface area contributed by atoms with E-state index in [4.69, 9.17) is 0 Å². The van der Waals surface area contributed by atoms with Crippen LogP contribution in [0.2, 0.25) is 0 Å². The van der Waals surface area contributed by atoms with Crippen LogP contribution in [0.5, 0.6) is 0 Å². The van der Waals surface area contributed by atoms with Crippen LogP contribution in [0, 0.1) is 0 Å². The largest absolute Gasteiger partial charge is 0.274 e. The highest BCUT2D eigenvalue weighted by molar-refractivity contribution is 8.00. The second-order valence-electron chi connectivity index (χ2n) is 5.04. The lowest BCUT2D eigenvalue weighted by molar-refractivity contribution is -0.118. The number of rotatable bonds is 2. The fourth-order valence-electron chi connectivity index (χ4n) is 2.38. The Balaban J connectivity index is 2.24. The van der Waals surface area contributed by atoms with E-state index in [0.29, 0.717) is 16.8 Å². The van der Waals surface area contributed by atoms with Crippen molar-refractivity contribution >= 4 is 26.4 Å². The minimum atomic E-state index is -3.64. The van der Waals surface area contributed by atoms with E-state index in [1.165, 1.54) is 13.0 Å². The van der Waals surface area contributed by atoms with Crippen molar-refractivity contribution in [3.05, 3.63) is 71.8 Å². The molecule has 1 amide bonds. The first-order chi connectivity index (χ1) is 11.0. The van der Waals surface area contributed by atoms with Gasteiger partial charge in [0.15, 0.2) is 0 Å². The molecule has 0 fully saturated rings. The number of nitrogens with one attached hydrogen (secondary N) is 1. The molecule has 5 nitrogen and oxygen atoms in total. The summed E-state index contributed by atoms with van der Waals surface area (Å²) in [7, 11) is -3.64. The lowest BCUT2D eigenvalue weighted by Gasteiger charge is -2.19. The van der Waals surface area contributed by atoms with Gasteiger partial charge in [-0.15, -0.1) is 0 Å². The highest BCUT2D eigenvalue weighted by Gasteiger charge is 2.31. The highest BCUT2D eigenvalue weighted by Crippen LogP contribution is 2.34. The van der Waals surface area contributed by atoms with Crippen molar-refractivity contribution in [1.82, 2.24) is 5.43 Å². The van der Waals surface area contributed by atoms with E-state index in [-0.39, 0.29) is 15.7 Å². The van der Waals surface area contributed by atoms with E-state index in [9.17, 15) is 13.2 Å². The number of hydrazone groups is 1. The van der Waals surface area contributed by atoms with Crippen molar-refractivity contribution in [2.75, 3.05) is 0 Å². The van der Waals surface area contributed by atoms with E-state index in [2.05, 4.69) is 10.5 Å². The summed E-state index contributed by atoms with van der Waals surface area (Å²) >= 11 is 0. The van der Waals surface area contributed by atoms with Gasteiger partial charge in [0.2, 0.25) is 15.7 Å². The first-order valence-corrected chi connectivity index (χ1v) is 8.44. The van der Waals surface area contributed by atoms with Crippen molar-refractivity contribution < 1.29 is 13.2 Å². The summed E-state index contributed by atoms with van der Waals surface area (Å²) in [5.74, 6) is -0.321. The van der Waals surface area contributed by atoms with Crippen LogP contribution in [0.3, 0.4) is 0 Å². The van der Waals surface area contributed by atoms with Crippen LogP contribution in [-0.2, 0) is 14.6 Å². The van der Waals surface area contributed by atoms with Crippen LogP contribution in [-0.4, -0.2) is 20.0 Å². The minimum absolute atomic E-state index is 0.168. The van der Waals surface area contributed by atoms with Crippen LogP contribution in [0.1, 0.15) is 18.1 Å². The fraction of sp³-hybridized carbons (Fsp3) is 0.0588. The van der Waals surface area contributed by atoms with Crippen LogP contribution >= 0.6 is 0 Å². The smallest absolute Gasteiger partial charge is 0.236 e. The normalized spacial score (nSPS) is 17.3. The van der Waals surface area contributed by atoms with Gasteiger partial charge in [-0.2, -0.15) is 5.10 Å². The van der Waals surface area contributed by atoms with E-state index < -0.39 is 9.84 Å². The Labute approximate surface area is 134 Å². The van der Waals surface area contributed by atoms with E-state index in [0.717, 1.165) is 0 Å². The molecule has 0 aromatic heterocycles. The van der Waals surface area contributed by atoms with Crippen molar-refractivity contribution in [3.8, 4) is 0 Å². The maximum atomic E-state index is 12.9. The molecular formula is C17H14N2O3S. The highest BCUT2D eigenvalue weighted by atomic mass is 32.2. The van der Waals surface area contributed by atoms with Crippen LogP contribution in [0.15, 0.2) is 70.7 Å². The van der Waals surface area contributed by atoms with Gasteiger partial charge in [-0.3, -0.25) is 4.79 Å². The molecule has 2 aromatic carbocycles. The lowest BCUT2D eigenvalue weighted by atomic mass is 10.1. The minimum Gasteiger partial charge on any atom is -0.274 e. The molecule has 6 heteroatoms. The fourth-order valence-corrected chi connectivity index (χ4v) is 4.05. The number of sulfone groups is 1. The zero-order valence-electron chi connectivity index (χ0n) is 12.4. The number of carbonyl (C=O) groups is 1. The molecule has 0 saturated carbocycles. The monoisotopic (exact) mass is 326 g/mol. The molecule has 0 radical (unpaired) electrons. The third-order valence-electron chi connectivity index (χ3n) is 3.40. The molecule has 23 heavy (non-hydrogen) atoms. The molecule has 0 unspecified atom stereocenters. The molecule has 116 valence electrons. The van der Waals surface area contributed by atoms with Crippen molar-refractivity contribution in [3.63, 3.8) is 0 Å². The second kappa shape index (κ2) is 5.81. The zero-order valence-corrected chi connectivity index (χ0v) is 13.2. The van der Waals surface area contributed by atoms with Crippen LogP contribution in [0.25, 0.3) is 4.91 Å². The molecule has 1 aliphatic rings. The summed E-state index contributed by atoms with van der Waals surface area (Å²) in [6, 6.07) is 15.4. The van der Waals surface area contributed by atoms with E-state index >= 15 is 0 Å². The zero-order chi connectivity index (χ0) is 16.4. The van der Waals surface area contributed by atoms with Gasteiger partial charge in [-0.1, -0.05) is 48.5 Å². The van der Waals surface area contributed by atoms with Gasteiger partial charge in [0, 0.05) is 12.5 Å². The topological polar surface area (TPSA) is 75.6 Å². The number of carbonyl (C=O) groups excluding carboxylic acids is 1. The van der Waals surface area contributed by atoms with Gasteiger partial charge in [0.1, 0.15) is 0 Å². The molecule has 1 aliphatic heterocycles. The van der Waals surface area contributed by atoms with Crippen molar-refractivity contribution in [1.29, 1.82) is 0 Å². The number of hydrogen-bond donors (Lipinski definition) is 1. The Morgan fingerprint density at radius 2 is 1.65 bits per heavy atom. The van der Waals surface area contributed by atoms with Crippen molar-refractivity contribution in [2.24, 2.45) is 5.10 Å². The maximum Gasteiger partial charge on any atom is 0.236 e. The molecule has 0 aliphatic carbocycles. The standard InChI is InChI=1S/C17H14N2O3S/c1-12(20)18-19-15-11-17(13-7-3-2-4-8-13)23(21,22)16-10-6-5-9-14(15)16/h2-11H,1H3,(H,18,20)/b19-15+. The summed E-state index contributed by atoms with van der Waals surface area (Å²) in [4.78, 5) is 11.5. The van der Waals surface area contributed by atoms with Crippen LogP contribution in [0.4, 0.5) is 0 Å². The van der Waals surface area contributed by atoms with Gasteiger partial charge in [0.05, 0.1) is 15.5 Å². The number of amides is 1. The van der Waals surface area contributed by atoms with Gasteiger partial charge >= 0.3 is 0 Å².